The molecule has 4 heteroatoms. The molecule has 0 aromatic carbocycles. The number of allylic oxidation sites excluding steroid dienone is 1. The molecule has 1 rings (SSSR count). The molecule has 0 saturated carbocycles. The van der Waals surface area contributed by atoms with Gasteiger partial charge >= 0.3 is 0 Å². The van der Waals surface area contributed by atoms with E-state index >= 15 is 0 Å². The van der Waals surface area contributed by atoms with Crippen LogP contribution < -0.4 is 5.73 Å². The van der Waals surface area contributed by atoms with Crippen LogP contribution >= 0.6 is 15.9 Å². The van der Waals surface area contributed by atoms with Gasteiger partial charge < -0.3 is 5.73 Å². The smallest absolute Gasteiger partial charge is 0.266 e. The summed E-state index contributed by atoms with van der Waals surface area (Å²) >= 11 is 3.22. The molecule has 2 N–H and O–H groups in total. The molecule has 0 saturated heterocycles. The van der Waals surface area contributed by atoms with Gasteiger partial charge in [0.25, 0.3) is 5.91 Å². The molecule has 1 aliphatic heterocycles. The van der Waals surface area contributed by atoms with Gasteiger partial charge in [-0.3, -0.25) is 4.79 Å². The second-order valence-corrected chi connectivity index (χ2v) is 2.93. The SMILES string of the molecule is CC1=NC(=O)C(N)C=C1Br. The minimum atomic E-state index is -0.571. The fourth-order valence-electron chi connectivity index (χ4n) is 0.643. The standard InChI is InChI=1S/C6H7BrN2O/c1-3-4(7)2-5(8)6(10)9-3/h2,5H,8H2,1H3. The van der Waals surface area contributed by atoms with Crippen LogP contribution in [0.2, 0.25) is 0 Å². The summed E-state index contributed by atoms with van der Waals surface area (Å²) in [6.07, 6.45) is 1.64. The lowest BCUT2D eigenvalue weighted by atomic mass is 10.2. The number of hydrogen-bond donors (Lipinski definition) is 1. The molecule has 0 fully saturated rings. The third-order valence-electron chi connectivity index (χ3n) is 1.23. The fourth-order valence-corrected chi connectivity index (χ4v) is 1.02. The first-order chi connectivity index (χ1) is 4.61. The van der Waals surface area contributed by atoms with Gasteiger partial charge in [0.2, 0.25) is 0 Å². The van der Waals surface area contributed by atoms with Gasteiger partial charge in [-0.2, -0.15) is 0 Å². The zero-order valence-electron chi connectivity index (χ0n) is 5.47. The molecule has 54 valence electrons. The van der Waals surface area contributed by atoms with E-state index in [9.17, 15) is 4.79 Å². The van der Waals surface area contributed by atoms with E-state index in [1.807, 2.05) is 0 Å². The van der Waals surface area contributed by atoms with Gasteiger partial charge in [-0.15, -0.1) is 0 Å². The Kier molecular flexibility index (Phi) is 2.01. The molecule has 1 aliphatic rings. The van der Waals surface area contributed by atoms with Crippen LogP contribution in [0.25, 0.3) is 0 Å². The van der Waals surface area contributed by atoms with Crippen LogP contribution in [0.1, 0.15) is 6.92 Å². The van der Waals surface area contributed by atoms with E-state index in [1.54, 1.807) is 13.0 Å². The van der Waals surface area contributed by atoms with Crippen molar-refractivity contribution in [3.05, 3.63) is 10.6 Å². The average molecular weight is 203 g/mol. The highest BCUT2D eigenvalue weighted by molar-refractivity contribution is 9.12. The molecule has 0 aromatic rings. The van der Waals surface area contributed by atoms with Gasteiger partial charge in [-0.05, 0) is 28.9 Å². The molecule has 1 unspecified atom stereocenters. The highest BCUT2D eigenvalue weighted by Crippen LogP contribution is 2.13. The van der Waals surface area contributed by atoms with E-state index in [-0.39, 0.29) is 5.91 Å². The Bertz CT molecular complexity index is 232. The first-order valence-electron chi connectivity index (χ1n) is 2.83. The molecule has 3 nitrogen and oxygen atoms in total. The van der Waals surface area contributed by atoms with Crippen molar-refractivity contribution in [3.63, 3.8) is 0 Å². The number of nitrogens with zero attached hydrogens (tertiary/aromatic N) is 1. The van der Waals surface area contributed by atoms with Crippen LogP contribution in [0.3, 0.4) is 0 Å². The van der Waals surface area contributed by atoms with Crippen LogP contribution in [0, 0.1) is 0 Å². The average Bonchev–Trinajstić information content (AvgIpc) is 1.84. The summed E-state index contributed by atoms with van der Waals surface area (Å²) in [5, 5.41) is 0. The monoisotopic (exact) mass is 202 g/mol. The first kappa shape index (κ1) is 7.63. The third kappa shape index (κ3) is 1.33. The lowest BCUT2D eigenvalue weighted by Crippen LogP contribution is -2.30. The Morgan fingerprint density at radius 2 is 2.40 bits per heavy atom. The van der Waals surface area contributed by atoms with Crippen LogP contribution in [0.4, 0.5) is 0 Å². The van der Waals surface area contributed by atoms with Crippen molar-refractivity contribution in [2.45, 2.75) is 13.0 Å². The Labute approximate surface area is 67.1 Å². The maximum atomic E-state index is 10.8. The maximum absolute atomic E-state index is 10.8. The van der Waals surface area contributed by atoms with Gasteiger partial charge in [-0.25, -0.2) is 4.99 Å². The number of carbonyl (C=O) groups excluding carboxylic acids is 1. The molecule has 0 bridgehead atoms. The van der Waals surface area contributed by atoms with Crippen molar-refractivity contribution in [2.75, 3.05) is 0 Å². The Morgan fingerprint density at radius 1 is 1.80 bits per heavy atom. The van der Waals surface area contributed by atoms with Crippen molar-refractivity contribution in [2.24, 2.45) is 10.7 Å². The zero-order valence-corrected chi connectivity index (χ0v) is 7.05. The van der Waals surface area contributed by atoms with E-state index in [0.29, 0.717) is 5.71 Å². The molecule has 0 spiro atoms. The Hall–Kier alpha value is -0.480. The predicted octanol–water partition coefficient (Wildman–Crippen LogP) is 0.594. The van der Waals surface area contributed by atoms with Crippen LogP contribution in [-0.4, -0.2) is 17.7 Å². The molecule has 0 radical (unpaired) electrons. The third-order valence-corrected chi connectivity index (χ3v) is 2.07. The number of dihydropyridines is 1. The summed E-state index contributed by atoms with van der Waals surface area (Å²) in [7, 11) is 0. The van der Waals surface area contributed by atoms with Crippen molar-refractivity contribution in [1.29, 1.82) is 0 Å². The molecule has 0 aromatic heterocycles. The zero-order chi connectivity index (χ0) is 7.72. The van der Waals surface area contributed by atoms with Crippen molar-refractivity contribution >= 4 is 27.5 Å². The van der Waals surface area contributed by atoms with Crippen LogP contribution in [0.5, 0.6) is 0 Å². The number of rotatable bonds is 0. The molecule has 1 heterocycles. The van der Waals surface area contributed by atoms with Crippen LogP contribution in [-0.2, 0) is 4.79 Å². The molecular weight excluding hydrogens is 196 g/mol. The molecular formula is C6H7BrN2O. The number of halogens is 1. The van der Waals surface area contributed by atoms with Gasteiger partial charge in [-0.1, -0.05) is 0 Å². The second kappa shape index (κ2) is 2.64. The van der Waals surface area contributed by atoms with E-state index in [1.165, 1.54) is 0 Å². The Balaban J connectivity index is 2.94. The van der Waals surface area contributed by atoms with E-state index in [0.717, 1.165) is 4.48 Å². The van der Waals surface area contributed by atoms with Crippen molar-refractivity contribution in [3.8, 4) is 0 Å². The highest BCUT2D eigenvalue weighted by Gasteiger charge is 2.16. The molecule has 1 amide bonds. The van der Waals surface area contributed by atoms with Crippen LogP contribution in [0.15, 0.2) is 15.6 Å². The normalized spacial score (nSPS) is 25.9. The predicted molar refractivity (Wildman–Crippen MR) is 43.1 cm³/mol. The summed E-state index contributed by atoms with van der Waals surface area (Å²) in [4.78, 5) is 14.5. The number of nitrogens with two attached hydrogens (primary N) is 1. The fraction of sp³-hybridized carbons (Fsp3) is 0.333. The molecule has 0 aliphatic carbocycles. The Morgan fingerprint density at radius 3 is 2.90 bits per heavy atom. The van der Waals surface area contributed by atoms with E-state index in [4.69, 9.17) is 5.73 Å². The van der Waals surface area contributed by atoms with Crippen molar-refractivity contribution in [1.82, 2.24) is 0 Å². The second-order valence-electron chi connectivity index (χ2n) is 2.08. The van der Waals surface area contributed by atoms with E-state index < -0.39 is 6.04 Å². The van der Waals surface area contributed by atoms with Gasteiger partial charge in [0.15, 0.2) is 0 Å². The van der Waals surface area contributed by atoms with Gasteiger partial charge in [0, 0.05) is 4.48 Å². The van der Waals surface area contributed by atoms with Crippen molar-refractivity contribution < 1.29 is 4.79 Å². The number of carbonyl (C=O) groups is 1. The molecule has 10 heavy (non-hydrogen) atoms. The lowest BCUT2D eigenvalue weighted by Gasteiger charge is -2.09. The largest absolute Gasteiger partial charge is 0.317 e. The summed E-state index contributed by atoms with van der Waals surface area (Å²) in [5.41, 5.74) is 6.05. The first-order valence-corrected chi connectivity index (χ1v) is 3.63. The number of hydrogen-bond acceptors (Lipinski definition) is 2. The summed E-state index contributed by atoms with van der Waals surface area (Å²) in [5.74, 6) is -0.277. The highest BCUT2D eigenvalue weighted by atomic mass is 79.9. The van der Waals surface area contributed by atoms with Gasteiger partial charge in [0.1, 0.15) is 6.04 Å². The molecule has 1 atom stereocenters. The summed E-state index contributed by atoms with van der Waals surface area (Å²) in [6, 6.07) is -0.571. The van der Waals surface area contributed by atoms with E-state index in [2.05, 4.69) is 20.9 Å². The summed E-state index contributed by atoms with van der Waals surface area (Å²) < 4.78 is 0.805. The summed E-state index contributed by atoms with van der Waals surface area (Å²) in [6.45, 7) is 1.75. The van der Waals surface area contributed by atoms with Gasteiger partial charge in [0.05, 0.1) is 5.71 Å². The quantitative estimate of drug-likeness (QED) is 0.626. The number of aliphatic imine (C=N–C) groups is 1. The minimum Gasteiger partial charge on any atom is -0.317 e. The number of amides is 1. The topological polar surface area (TPSA) is 55.5 Å². The maximum Gasteiger partial charge on any atom is 0.266 e. The minimum absolute atomic E-state index is 0.277. The lowest BCUT2D eigenvalue weighted by molar-refractivity contribution is -0.118.